The molecule has 0 saturated heterocycles. The van der Waals surface area contributed by atoms with Crippen LogP contribution in [0.5, 0.6) is 0 Å². The monoisotopic (exact) mass is 212 g/mol. The van der Waals surface area contributed by atoms with Crippen molar-refractivity contribution in [3.8, 4) is 0 Å². The quantitative estimate of drug-likeness (QED) is 0.799. The molecule has 1 aromatic rings. The zero-order valence-electron chi connectivity index (χ0n) is 8.85. The van der Waals surface area contributed by atoms with Gasteiger partial charge in [-0.3, -0.25) is 0 Å². The molecule has 1 N–H and O–H groups in total. The summed E-state index contributed by atoms with van der Waals surface area (Å²) in [6.07, 6.45) is 1.67. The van der Waals surface area contributed by atoms with Crippen molar-refractivity contribution in [2.24, 2.45) is 5.92 Å². The van der Waals surface area contributed by atoms with Gasteiger partial charge < -0.3 is 5.11 Å². The lowest BCUT2D eigenvalue weighted by atomic mass is 9.89. The molecule has 3 heteroatoms. The Balaban J connectivity index is 2.55. The molecule has 15 heavy (non-hydrogen) atoms. The molecule has 0 spiro atoms. The van der Waals surface area contributed by atoms with Gasteiger partial charge in [0, 0.05) is 0 Å². The van der Waals surface area contributed by atoms with Crippen LogP contribution in [0, 0.1) is 24.5 Å². The normalized spacial score (nSPS) is 20.1. The molecular formula is C12H14F2O. The van der Waals surface area contributed by atoms with E-state index in [1.54, 1.807) is 6.92 Å². The SMILES string of the molecule is Cc1ccc(F)c(C(C)(O)C2CC2)c1F. The van der Waals surface area contributed by atoms with Gasteiger partial charge in [0.15, 0.2) is 0 Å². The first kappa shape index (κ1) is 10.6. The molecule has 2 rings (SSSR count). The number of rotatable bonds is 2. The molecular weight excluding hydrogens is 198 g/mol. The van der Waals surface area contributed by atoms with E-state index in [2.05, 4.69) is 0 Å². The molecule has 0 aromatic heterocycles. The highest BCUT2D eigenvalue weighted by Gasteiger charge is 2.44. The van der Waals surface area contributed by atoms with Crippen LogP contribution in [-0.2, 0) is 5.60 Å². The second-order valence-electron chi connectivity index (χ2n) is 4.48. The third-order valence-corrected chi connectivity index (χ3v) is 3.16. The minimum atomic E-state index is -1.37. The Morgan fingerprint density at radius 1 is 1.33 bits per heavy atom. The molecule has 1 aliphatic rings. The molecule has 82 valence electrons. The molecule has 0 amide bonds. The maximum atomic E-state index is 13.7. The summed E-state index contributed by atoms with van der Waals surface area (Å²) in [4.78, 5) is 0. The molecule has 0 bridgehead atoms. The maximum absolute atomic E-state index is 13.7. The zero-order chi connectivity index (χ0) is 11.2. The maximum Gasteiger partial charge on any atom is 0.135 e. The van der Waals surface area contributed by atoms with Crippen LogP contribution in [0.2, 0.25) is 0 Å². The van der Waals surface area contributed by atoms with E-state index in [4.69, 9.17) is 0 Å². The topological polar surface area (TPSA) is 20.2 Å². The Morgan fingerprint density at radius 2 is 1.93 bits per heavy atom. The Kier molecular flexibility index (Phi) is 2.30. The fourth-order valence-corrected chi connectivity index (χ4v) is 1.97. The largest absolute Gasteiger partial charge is 0.385 e. The Hall–Kier alpha value is -0.960. The standard InChI is InChI=1S/C12H14F2O/c1-7-3-6-9(13)10(11(7)14)12(2,15)8-4-5-8/h3,6,8,15H,4-5H2,1-2H3. The van der Waals surface area contributed by atoms with Gasteiger partial charge >= 0.3 is 0 Å². The van der Waals surface area contributed by atoms with Crippen LogP contribution in [0.4, 0.5) is 8.78 Å². The van der Waals surface area contributed by atoms with Gasteiger partial charge in [0.1, 0.15) is 11.6 Å². The van der Waals surface area contributed by atoms with E-state index in [0.29, 0.717) is 5.56 Å². The number of aliphatic hydroxyl groups is 1. The third-order valence-electron chi connectivity index (χ3n) is 3.16. The molecule has 1 atom stereocenters. The van der Waals surface area contributed by atoms with Crippen LogP contribution in [-0.4, -0.2) is 5.11 Å². The predicted molar refractivity (Wildman–Crippen MR) is 53.4 cm³/mol. The van der Waals surface area contributed by atoms with E-state index in [-0.39, 0.29) is 11.5 Å². The molecule has 1 saturated carbocycles. The Bertz CT molecular complexity index is 395. The molecule has 1 nitrogen and oxygen atoms in total. The Labute approximate surface area is 87.7 Å². The minimum Gasteiger partial charge on any atom is -0.385 e. The minimum absolute atomic E-state index is 0.0108. The van der Waals surface area contributed by atoms with Crippen molar-refractivity contribution in [3.05, 3.63) is 34.9 Å². The summed E-state index contributed by atoms with van der Waals surface area (Å²) < 4.78 is 27.3. The highest BCUT2D eigenvalue weighted by atomic mass is 19.1. The number of hydrogen-bond donors (Lipinski definition) is 1. The zero-order valence-corrected chi connectivity index (χ0v) is 8.85. The van der Waals surface area contributed by atoms with Gasteiger partial charge in [-0.15, -0.1) is 0 Å². The highest BCUT2D eigenvalue weighted by Crippen LogP contribution is 2.47. The van der Waals surface area contributed by atoms with Crippen molar-refractivity contribution < 1.29 is 13.9 Å². The van der Waals surface area contributed by atoms with Gasteiger partial charge in [-0.05, 0) is 44.2 Å². The van der Waals surface area contributed by atoms with Crippen molar-refractivity contribution in [2.75, 3.05) is 0 Å². The average Bonchev–Trinajstić information content (AvgIpc) is 2.94. The lowest BCUT2D eigenvalue weighted by Gasteiger charge is -2.25. The highest BCUT2D eigenvalue weighted by molar-refractivity contribution is 5.32. The summed E-state index contributed by atoms with van der Waals surface area (Å²) in [6, 6.07) is 2.60. The van der Waals surface area contributed by atoms with E-state index in [9.17, 15) is 13.9 Å². The summed E-state index contributed by atoms with van der Waals surface area (Å²) in [5.41, 5.74) is -1.18. The van der Waals surface area contributed by atoms with Gasteiger partial charge in [-0.1, -0.05) is 6.07 Å². The van der Waals surface area contributed by atoms with Crippen molar-refractivity contribution in [3.63, 3.8) is 0 Å². The average molecular weight is 212 g/mol. The summed E-state index contributed by atoms with van der Waals surface area (Å²) in [5.74, 6) is -1.29. The van der Waals surface area contributed by atoms with Crippen LogP contribution in [0.25, 0.3) is 0 Å². The molecule has 1 fully saturated rings. The van der Waals surface area contributed by atoms with E-state index in [0.717, 1.165) is 12.8 Å². The van der Waals surface area contributed by atoms with E-state index < -0.39 is 17.2 Å². The summed E-state index contributed by atoms with van der Waals surface area (Å²) in [6.45, 7) is 3.06. The lowest BCUT2D eigenvalue weighted by Crippen LogP contribution is -2.27. The number of halogens is 2. The van der Waals surface area contributed by atoms with Crippen LogP contribution in [0.15, 0.2) is 12.1 Å². The molecule has 1 unspecified atom stereocenters. The fourth-order valence-electron chi connectivity index (χ4n) is 1.97. The number of benzene rings is 1. The molecule has 0 aliphatic heterocycles. The third kappa shape index (κ3) is 1.65. The van der Waals surface area contributed by atoms with Gasteiger partial charge in [-0.25, -0.2) is 8.78 Å². The van der Waals surface area contributed by atoms with E-state index in [1.165, 1.54) is 19.1 Å². The van der Waals surface area contributed by atoms with Gasteiger partial charge in [0.25, 0.3) is 0 Å². The predicted octanol–water partition coefficient (Wildman–Crippen LogP) is 2.89. The first-order chi connectivity index (χ1) is 6.94. The number of aryl methyl sites for hydroxylation is 1. The van der Waals surface area contributed by atoms with Gasteiger partial charge in [-0.2, -0.15) is 0 Å². The van der Waals surface area contributed by atoms with Gasteiger partial charge in [0.05, 0.1) is 11.2 Å². The molecule has 1 aromatic carbocycles. The summed E-state index contributed by atoms with van der Waals surface area (Å²) >= 11 is 0. The van der Waals surface area contributed by atoms with Crippen LogP contribution in [0.3, 0.4) is 0 Å². The Morgan fingerprint density at radius 3 is 2.47 bits per heavy atom. The smallest absolute Gasteiger partial charge is 0.135 e. The molecule has 1 aliphatic carbocycles. The second-order valence-corrected chi connectivity index (χ2v) is 4.48. The van der Waals surface area contributed by atoms with Crippen LogP contribution >= 0.6 is 0 Å². The van der Waals surface area contributed by atoms with Crippen molar-refractivity contribution in [1.29, 1.82) is 0 Å². The van der Waals surface area contributed by atoms with E-state index in [1.807, 2.05) is 0 Å². The van der Waals surface area contributed by atoms with Crippen molar-refractivity contribution >= 4 is 0 Å². The summed E-state index contributed by atoms with van der Waals surface area (Å²) in [7, 11) is 0. The first-order valence-electron chi connectivity index (χ1n) is 5.12. The lowest BCUT2D eigenvalue weighted by molar-refractivity contribution is 0.0256. The molecule has 0 heterocycles. The van der Waals surface area contributed by atoms with Gasteiger partial charge in [0.2, 0.25) is 0 Å². The molecule has 0 radical (unpaired) electrons. The van der Waals surface area contributed by atoms with Crippen molar-refractivity contribution in [2.45, 2.75) is 32.3 Å². The first-order valence-corrected chi connectivity index (χ1v) is 5.12. The van der Waals surface area contributed by atoms with E-state index >= 15 is 0 Å². The van der Waals surface area contributed by atoms with Crippen LogP contribution in [0.1, 0.15) is 30.9 Å². The van der Waals surface area contributed by atoms with Crippen molar-refractivity contribution in [1.82, 2.24) is 0 Å². The second kappa shape index (κ2) is 3.27. The number of hydrogen-bond acceptors (Lipinski definition) is 1. The summed E-state index contributed by atoms with van der Waals surface area (Å²) in [5, 5.41) is 10.1. The fraction of sp³-hybridized carbons (Fsp3) is 0.500. The van der Waals surface area contributed by atoms with Crippen LogP contribution < -0.4 is 0 Å².